The summed E-state index contributed by atoms with van der Waals surface area (Å²) in [6, 6.07) is 21.7. The molecule has 0 bridgehead atoms. The maximum atomic E-state index is 3.97. The number of benzene rings is 3. The SMILES string of the molecule is C=Cc1c(/C=C\C)[nH]c2cc(-c3ccc4c(c3)[nH]c3ccccc34)ccc12. The van der Waals surface area contributed by atoms with Gasteiger partial charge in [0.2, 0.25) is 0 Å². The van der Waals surface area contributed by atoms with E-state index in [0.717, 1.165) is 16.8 Å². The smallest absolute Gasteiger partial charge is 0.0471 e. The lowest BCUT2D eigenvalue weighted by Crippen LogP contribution is -1.79. The summed E-state index contributed by atoms with van der Waals surface area (Å²) in [6.45, 7) is 6.00. The van der Waals surface area contributed by atoms with E-state index in [1.54, 1.807) is 0 Å². The molecule has 2 N–H and O–H groups in total. The molecule has 0 aliphatic carbocycles. The van der Waals surface area contributed by atoms with Crippen LogP contribution >= 0.6 is 0 Å². The van der Waals surface area contributed by atoms with Crippen molar-refractivity contribution in [1.82, 2.24) is 9.97 Å². The van der Waals surface area contributed by atoms with Gasteiger partial charge in [0.15, 0.2) is 0 Å². The van der Waals surface area contributed by atoms with E-state index in [2.05, 4.69) is 83.3 Å². The van der Waals surface area contributed by atoms with Crippen LogP contribution in [0.15, 0.2) is 73.3 Å². The first-order valence-corrected chi connectivity index (χ1v) is 9.20. The van der Waals surface area contributed by atoms with Crippen LogP contribution in [0.5, 0.6) is 0 Å². The lowest BCUT2D eigenvalue weighted by molar-refractivity contribution is 1.42. The van der Waals surface area contributed by atoms with Crippen molar-refractivity contribution in [3.05, 3.63) is 84.6 Å². The number of hydrogen-bond donors (Lipinski definition) is 2. The Hall–Kier alpha value is -3.52. The Kier molecular flexibility index (Phi) is 3.51. The normalized spacial score (nSPS) is 11.9. The van der Waals surface area contributed by atoms with Crippen LogP contribution in [-0.2, 0) is 0 Å². The minimum atomic E-state index is 1.10. The maximum absolute atomic E-state index is 3.97. The third kappa shape index (κ3) is 2.42. The quantitative estimate of drug-likeness (QED) is 0.347. The van der Waals surface area contributed by atoms with Crippen molar-refractivity contribution >= 4 is 44.9 Å². The van der Waals surface area contributed by atoms with Crippen molar-refractivity contribution in [2.45, 2.75) is 6.92 Å². The van der Waals surface area contributed by atoms with Crippen molar-refractivity contribution in [2.75, 3.05) is 0 Å². The zero-order valence-corrected chi connectivity index (χ0v) is 15.2. The largest absolute Gasteiger partial charge is 0.355 e. The zero-order valence-electron chi connectivity index (χ0n) is 15.2. The fourth-order valence-electron chi connectivity index (χ4n) is 3.97. The number of aromatic amines is 2. The predicted molar refractivity (Wildman–Crippen MR) is 118 cm³/mol. The highest BCUT2D eigenvalue weighted by atomic mass is 14.7. The van der Waals surface area contributed by atoms with E-state index in [9.17, 15) is 0 Å². The molecule has 0 aliphatic rings. The van der Waals surface area contributed by atoms with E-state index in [-0.39, 0.29) is 0 Å². The van der Waals surface area contributed by atoms with Gasteiger partial charge in [-0.3, -0.25) is 0 Å². The van der Waals surface area contributed by atoms with Crippen LogP contribution in [0.1, 0.15) is 18.2 Å². The molecule has 0 amide bonds. The van der Waals surface area contributed by atoms with Gasteiger partial charge >= 0.3 is 0 Å². The van der Waals surface area contributed by atoms with Gasteiger partial charge in [-0.2, -0.15) is 0 Å². The average molecular weight is 348 g/mol. The van der Waals surface area contributed by atoms with Crippen LogP contribution in [0.2, 0.25) is 0 Å². The summed E-state index contributed by atoms with van der Waals surface area (Å²) in [7, 11) is 0. The molecule has 27 heavy (non-hydrogen) atoms. The first-order chi connectivity index (χ1) is 13.3. The molecule has 0 unspecified atom stereocenters. The second kappa shape index (κ2) is 6.03. The Bertz CT molecular complexity index is 1350. The zero-order chi connectivity index (χ0) is 18.4. The number of fused-ring (bicyclic) bond motifs is 4. The van der Waals surface area contributed by atoms with E-state index in [0.29, 0.717) is 0 Å². The van der Waals surface area contributed by atoms with E-state index in [1.165, 1.54) is 38.3 Å². The lowest BCUT2D eigenvalue weighted by atomic mass is 10.0. The van der Waals surface area contributed by atoms with Gasteiger partial charge in [-0.05, 0) is 42.3 Å². The summed E-state index contributed by atoms with van der Waals surface area (Å²) in [6.07, 6.45) is 6.06. The van der Waals surface area contributed by atoms with Crippen LogP contribution in [0.25, 0.3) is 56.0 Å². The van der Waals surface area contributed by atoms with Gasteiger partial charge < -0.3 is 9.97 Å². The Morgan fingerprint density at radius 1 is 0.741 bits per heavy atom. The first-order valence-electron chi connectivity index (χ1n) is 9.20. The van der Waals surface area contributed by atoms with Crippen LogP contribution < -0.4 is 0 Å². The van der Waals surface area contributed by atoms with E-state index >= 15 is 0 Å². The summed E-state index contributed by atoms with van der Waals surface area (Å²) in [5.41, 5.74) is 8.14. The molecule has 5 rings (SSSR count). The van der Waals surface area contributed by atoms with Gasteiger partial charge in [0.25, 0.3) is 0 Å². The Balaban J connectivity index is 1.68. The minimum Gasteiger partial charge on any atom is -0.355 e. The molecular weight excluding hydrogens is 328 g/mol. The fourth-order valence-corrected chi connectivity index (χ4v) is 3.97. The molecule has 5 aromatic rings. The molecule has 0 atom stereocenters. The predicted octanol–water partition coefficient (Wildman–Crippen LogP) is 7.15. The van der Waals surface area contributed by atoms with Gasteiger partial charge in [-0.15, -0.1) is 0 Å². The molecule has 0 saturated carbocycles. The average Bonchev–Trinajstić information content (AvgIpc) is 3.24. The van der Waals surface area contributed by atoms with Crippen molar-refractivity contribution in [1.29, 1.82) is 0 Å². The molecule has 0 aliphatic heterocycles. The summed E-state index contributed by atoms with van der Waals surface area (Å²) in [5, 5.41) is 3.73. The monoisotopic (exact) mass is 348 g/mol. The Labute approximate surface area is 157 Å². The summed E-state index contributed by atoms with van der Waals surface area (Å²) < 4.78 is 0. The van der Waals surface area contributed by atoms with Crippen LogP contribution in [0, 0.1) is 0 Å². The second-order valence-electron chi connectivity index (χ2n) is 6.85. The second-order valence-corrected chi connectivity index (χ2v) is 6.85. The molecule has 0 saturated heterocycles. The first kappa shape index (κ1) is 15.7. The fraction of sp³-hybridized carbons (Fsp3) is 0.0400. The molecule has 2 heteroatoms. The number of H-pyrrole nitrogens is 2. The van der Waals surface area contributed by atoms with E-state index < -0.39 is 0 Å². The van der Waals surface area contributed by atoms with Gasteiger partial charge in [0.1, 0.15) is 0 Å². The topological polar surface area (TPSA) is 31.6 Å². The number of aromatic nitrogens is 2. The highest BCUT2D eigenvalue weighted by molar-refractivity contribution is 6.08. The number of rotatable bonds is 3. The van der Waals surface area contributed by atoms with Crippen LogP contribution in [-0.4, -0.2) is 9.97 Å². The Morgan fingerprint density at radius 3 is 2.15 bits per heavy atom. The van der Waals surface area contributed by atoms with Gasteiger partial charge in [-0.25, -0.2) is 0 Å². The summed E-state index contributed by atoms with van der Waals surface area (Å²) in [4.78, 5) is 7.05. The third-order valence-electron chi connectivity index (χ3n) is 5.25. The molecule has 2 aromatic heterocycles. The van der Waals surface area contributed by atoms with Gasteiger partial charge in [0, 0.05) is 44.0 Å². The van der Waals surface area contributed by atoms with Crippen molar-refractivity contribution in [3.8, 4) is 11.1 Å². The number of allylic oxidation sites excluding steroid dienone is 1. The number of hydrogen-bond acceptors (Lipinski definition) is 0. The number of nitrogens with one attached hydrogen (secondary N) is 2. The van der Waals surface area contributed by atoms with E-state index in [1.807, 2.05) is 19.1 Å². The van der Waals surface area contributed by atoms with Crippen molar-refractivity contribution in [3.63, 3.8) is 0 Å². The van der Waals surface area contributed by atoms with E-state index in [4.69, 9.17) is 0 Å². The van der Waals surface area contributed by atoms with Crippen LogP contribution in [0.3, 0.4) is 0 Å². The minimum absolute atomic E-state index is 1.10. The molecule has 0 radical (unpaired) electrons. The molecule has 0 fully saturated rings. The summed E-state index contributed by atoms with van der Waals surface area (Å²) >= 11 is 0. The molecule has 3 aromatic carbocycles. The molecule has 2 heterocycles. The number of para-hydroxylation sites is 1. The highest BCUT2D eigenvalue weighted by Crippen LogP contribution is 2.32. The Morgan fingerprint density at radius 2 is 1.41 bits per heavy atom. The molecule has 130 valence electrons. The van der Waals surface area contributed by atoms with Crippen LogP contribution in [0.4, 0.5) is 0 Å². The van der Waals surface area contributed by atoms with Crippen molar-refractivity contribution < 1.29 is 0 Å². The van der Waals surface area contributed by atoms with Crippen molar-refractivity contribution in [2.24, 2.45) is 0 Å². The standard InChI is InChI=1S/C25H20N2/c1-3-7-22-18(4-2)20-12-10-16(14-24(20)26-22)17-11-13-21-19-8-5-6-9-23(19)27-25(21)15-17/h3-15,26-27H,2H2,1H3/b7-3-. The third-order valence-corrected chi connectivity index (χ3v) is 5.25. The highest BCUT2D eigenvalue weighted by Gasteiger charge is 2.10. The summed E-state index contributed by atoms with van der Waals surface area (Å²) in [5.74, 6) is 0. The van der Waals surface area contributed by atoms with Gasteiger partial charge in [-0.1, -0.05) is 61.2 Å². The maximum Gasteiger partial charge on any atom is 0.0471 e. The molecular formula is C25H20N2. The molecule has 0 spiro atoms. The lowest BCUT2D eigenvalue weighted by Gasteiger charge is -2.03. The van der Waals surface area contributed by atoms with Gasteiger partial charge in [0.05, 0.1) is 0 Å². The molecule has 2 nitrogen and oxygen atoms in total.